The molecule has 0 bridgehead atoms. The van der Waals surface area contributed by atoms with Crippen LogP contribution in [0.2, 0.25) is 0 Å². The molecule has 0 spiro atoms. The number of anilines is 1. The van der Waals surface area contributed by atoms with Crippen LogP contribution in [0.5, 0.6) is 0 Å². The Morgan fingerprint density at radius 2 is 2.17 bits per heavy atom. The van der Waals surface area contributed by atoms with E-state index in [9.17, 15) is 9.59 Å². The fraction of sp³-hybridized carbons (Fsp3) is 0.0556. The van der Waals surface area contributed by atoms with E-state index in [0.29, 0.717) is 23.1 Å². The Morgan fingerprint density at radius 1 is 1.30 bits per heavy atom. The van der Waals surface area contributed by atoms with E-state index in [1.54, 1.807) is 36.5 Å². The molecule has 0 aliphatic carbocycles. The summed E-state index contributed by atoms with van der Waals surface area (Å²) in [6.45, 7) is 3.69. The second-order valence-corrected chi connectivity index (χ2v) is 4.97. The third kappa shape index (κ3) is 3.03. The molecule has 0 radical (unpaired) electrons. The van der Waals surface area contributed by atoms with E-state index >= 15 is 0 Å². The molecule has 0 saturated heterocycles. The number of amides is 1. The zero-order valence-electron chi connectivity index (χ0n) is 12.3. The van der Waals surface area contributed by atoms with Crippen LogP contribution in [0.25, 0.3) is 11.0 Å². The van der Waals surface area contributed by atoms with Gasteiger partial charge in [0.05, 0.1) is 11.9 Å². The molecule has 3 aromatic rings. The molecular formula is C18H14N2O3. The summed E-state index contributed by atoms with van der Waals surface area (Å²) in [4.78, 5) is 28.3. The second kappa shape index (κ2) is 6.27. The summed E-state index contributed by atoms with van der Waals surface area (Å²) in [5.74, 6) is -0.525. The number of rotatable bonds is 4. The topological polar surface area (TPSA) is 72.2 Å². The van der Waals surface area contributed by atoms with Gasteiger partial charge < -0.3 is 9.73 Å². The number of hydrogen-bond donors (Lipinski definition) is 1. The van der Waals surface area contributed by atoms with Crippen molar-refractivity contribution in [3.63, 3.8) is 0 Å². The van der Waals surface area contributed by atoms with E-state index in [4.69, 9.17) is 4.42 Å². The molecule has 0 aliphatic rings. The number of hydrogen-bond acceptors (Lipinski definition) is 4. The number of fused-ring (bicyclic) bond motifs is 1. The summed E-state index contributed by atoms with van der Waals surface area (Å²) in [5.41, 5.74) is 1.13. The standard InChI is InChI=1S/C18H14N2O3/c1-2-5-12-6-3-7-13-10-15(18(22)23-16(12)13)17(21)20-14-8-4-9-19-11-14/h2-4,6-11H,1,5H2,(H,20,21). The van der Waals surface area contributed by atoms with Crippen LogP contribution in [0.1, 0.15) is 15.9 Å². The van der Waals surface area contributed by atoms with Crippen LogP contribution in [0.4, 0.5) is 5.69 Å². The highest BCUT2D eigenvalue weighted by molar-refractivity contribution is 6.05. The van der Waals surface area contributed by atoms with Crippen molar-refractivity contribution in [3.05, 3.63) is 83.0 Å². The van der Waals surface area contributed by atoms with Crippen molar-refractivity contribution < 1.29 is 9.21 Å². The number of allylic oxidation sites excluding steroid dienone is 1. The van der Waals surface area contributed by atoms with Gasteiger partial charge in [-0.3, -0.25) is 9.78 Å². The molecule has 0 atom stereocenters. The number of nitrogens with zero attached hydrogens (tertiary/aromatic N) is 1. The van der Waals surface area contributed by atoms with E-state index in [-0.39, 0.29) is 5.56 Å². The lowest BCUT2D eigenvalue weighted by Gasteiger charge is -2.06. The maximum atomic E-state index is 12.3. The first-order valence-corrected chi connectivity index (χ1v) is 7.07. The molecule has 2 aromatic heterocycles. The third-order valence-electron chi connectivity index (χ3n) is 3.37. The van der Waals surface area contributed by atoms with Gasteiger partial charge in [-0.1, -0.05) is 24.3 Å². The molecule has 0 aliphatic heterocycles. The van der Waals surface area contributed by atoms with E-state index in [0.717, 1.165) is 5.56 Å². The Bertz CT molecular complexity index is 930. The maximum Gasteiger partial charge on any atom is 0.349 e. The summed E-state index contributed by atoms with van der Waals surface area (Å²) in [5, 5.41) is 3.32. The molecule has 3 rings (SSSR count). The largest absolute Gasteiger partial charge is 0.422 e. The number of carbonyl (C=O) groups excluding carboxylic acids is 1. The second-order valence-electron chi connectivity index (χ2n) is 4.97. The van der Waals surface area contributed by atoms with Crippen molar-refractivity contribution in [3.8, 4) is 0 Å². The van der Waals surface area contributed by atoms with Crippen LogP contribution < -0.4 is 10.9 Å². The highest BCUT2D eigenvalue weighted by Gasteiger charge is 2.15. The summed E-state index contributed by atoms with van der Waals surface area (Å²) in [6, 6.07) is 10.4. The lowest BCUT2D eigenvalue weighted by Crippen LogP contribution is -2.20. The van der Waals surface area contributed by atoms with Gasteiger partial charge in [0, 0.05) is 11.6 Å². The van der Waals surface area contributed by atoms with Crippen molar-refractivity contribution in [2.45, 2.75) is 6.42 Å². The lowest BCUT2D eigenvalue weighted by atomic mass is 10.1. The molecule has 0 fully saturated rings. The number of para-hydroxylation sites is 1. The predicted molar refractivity (Wildman–Crippen MR) is 88.6 cm³/mol. The SMILES string of the molecule is C=CCc1cccc2cc(C(=O)Nc3cccnc3)c(=O)oc12. The van der Waals surface area contributed by atoms with E-state index < -0.39 is 11.5 Å². The van der Waals surface area contributed by atoms with Gasteiger partial charge >= 0.3 is 5.63 Å². The van der Waals surface area contributed by atoms with Crippen LogP contribution in [0.15, 0.2) is 70.7 Å². The number of aromatic nitrogens is 1. The molecule has 2 heterocycles. The quantitative estimate of drug-likeness (QED) is 0.593. The van der Waals surface area contributed by atoms with Gasteiger partial charge in [-0.15, -0.1) is 6.58 Å². The average molecular weight is 306 g/mol. The monoisotopic (exact) mass is 306 g/mol. The van der Waals surface area contributed by atoms with Crippen LogP contribution in [-0.4, -0.2) is 10.9 Å². The highest BCUT2D eigenvalue weighted by Crippen LogP contribution is 2.19. The summed E-state index contributed by atoms with van der Waals surface area (Å²) >= 11 is 0. The van der Waals surface area contributed by atoms with Gasteiger partial charge in [-0.2, -0.15) is 0 Å². The van der Waals surface area contributed by atoms with Crippen molar-refractivity contribution in [2.24, 2.45) is 0 Å². The minimum atomic E-state index is -0.671. The Hall–Kier alpha value is -3.21. The fourth-order valence-corrected chi connectivity index (χ4v) is 2.31. The first-order chi connectivity index (χ1) is 11.2. The molecule has 0 saturated carbocycles. The molecule has 1 aromatic carbocycles. The van der Waals surface area contributed by atoms with E-state index in [2.05, 4.69) is 16.9 Å². The fourth-order valence-electron chi connectivity index (χ4n) is 2.31. The molecule has 5 nitrogen and oxygen atoms in total. The van der Waals surface area contributed by atoms with Gasteiger partial charge in [-0.25, -0.2) is 4.79 Å². The summed E-state index contributed by atoms with van der Waals surface area (Å²) < 4.78 is 5.36. The van der Waals surface area contributed by atoms with Crippen molar-refractivity contribution in [1.82, 2.24) is 4.98 Å². The number of carbonyl (C=O) groups is 1. The first-order valence-electron chi connectivity index (χ1n) is 7.07. The molecular weight excluding hydrogens is 292 g/mol. The molecule has 1 amide bonds. The molecule has 5 heteroatoms. The minimum Gasteiger partial charge on any atom is -0.422 e. The third-order valence-corrected chi connectivity index (χ3v) is 3.37. The lowest BCUT2D eigenvalue weighted by molar-refractivity contribution is 0.102. The van der Waals surface area contributed by atoms with E-state index in [1.165, 1.54) is 6.20 Å². The van der Waals surface area contributed by atoms with Crippen LogP contribution in [-0.2, 0) is 6.42 Å². The Labute approximate surface area is 132 Å². The van der Waals surface area contributed by atoms with Gasteiger partial charge in [0.15, 0.2) is 0 Å². The highest BCUT2D eigenvalue weighted by atomic mass is 16.4. The van der Waals surface area contributed by atoms with Crippen molar-refractivity contribution >= 4 is 22.6 Å². The van der Waals surface area contributed by atoms with Gasteiger partial charge in [0.25, 0.3) is 5.91 Å². The van der Waals surface area contributed by atoms with Gasteiger partial charge in [0.2, 0.25) is 0 Å². The Morgan fingerprint density at radius 3 is 2.91 bits per heavy atom. The average Bonchev–Trinajstić information content (AvgIpc) is 2.56. The zero-order chi connectivity index (χ0) is 16.2. The van der Waals surface area contributed by atoms with Crippen molar-refractivity contribution in [2.75, 3.05) is 5.32 Å². The van der Waals surface area contributed by atoms with E-state index in [1.807, 2.05) is 12.1 Å². The summed E-state index contributed by atoms with van der Waals surface area (Å²) in [7, 11) is 0. The zero-order valence-corrected chi connectivity index (χ0v) is 12.3. The normalized spacial score (nSPS) is 10.4. The maximum absolute atomic E-state index is 12.3. The van der Waals surface area contributed by atoms with Gasteiger partial charge in [0.1, 0.15) is 11.1 Å². The summed E-state index contributed by atoms with van der Waals surface area (Å²) in [6.07, 6.45) is 5.42. The van der Waals surface area contributed by atoms with Crippen LogP contribution >= 0.6 is 0 Å². The number of nitrogens with one attached hydrogen (secondary N) is 1. The Kier molecular flexibility index (Phi) is 4.01. The molecule has 0 unspecified atom stereocenters. The number of pyridine rings is 1. The number of benzene rings is 1. The van der Waals surface area contributed by atoms with Crippen molar-refractivity contribution in [1.29, 1.82) is 0 Å². The first kappa shape index (κ1) is 14.7. The predicted octanol–water partition coefficient (Wildman–Crippen LogP) is 3.17. The molecule has 114 valence electrons. The Balaban J connectivity index is 2.02. The van der Waals surface area contributed by atoms with Crippen LogP contribution in [0, 0.1) is 0 Å². The molecule has 23 heavy (non-hydrogen) atoms. The molecule has 1 N–H and O–H groups in total. The smallest absolute Gasteiger partial charge is 0.349 e. The minimum absolute atomic E-state index is 0.0443. The van der Waals surface area contributed by atoms with Gasteiger partial charge in [-0.05, 0) is 30.2 Å². The van der Waals surface area contributed by atoms with Crippen LogP contribution in [0.3, 0.4) is 0 Å².